The predicted molar refractivity (Wildman–Crippen MR) is 91.7 cm³/mol. The van der Waals surface area contributed by atoms with E-state index in [1.54, 1.807) is 18.6 Å². The van der Waals surface area contributed by atoms with E-state index in [2.05, 4.69) is 15.0 Å². The number of pyridine rings is 1. The highest BCUT2D eigenvalue weighted by atomic mass is 16.2. The van der Waals surface area contributed by atoms with Crippen LogP contribution < -0.4 is 0 Å². The van der Waals surface area contributed by atoms with Gasteiger partial charge in [0.2, 0.25) is 0 Å². The Labute approximate surface area is 140 Å². The molecule has 0 spiro atoms. The average Bonchev–Trinajstić information content (AvgIpc) is 2.68. The third-order valence-corrected chi connectivity index (χ3v) is 4.66. The molecule has 1 fully saturated rings. The van der Waals surface area contributed by atoms with Crippen molar-refractivity contribution in [2.45, 2.75) is 18.8 Å². The van der Waals surface area contributed by atoms with Crippen molar-refractivity contribution in [3.05, 3.63) is 66.4 Å². The number of hydrogen-bond donors (Lipinski definition) is 0. The van der Waals surface area contributed by atoms with Crippen molar-refractivity contribution in [1.29, 1.82) is 0 Å². The van der Waals surface area contributed by atoms with Crippen LogP contribution in [0.2, 0.25) is 0 Å². The molecule has 2 aromatic heterocycles. The summed E-state index contributed by atoms with van der Waals surface area (Å²) >= 11 is 0. The number of rotatable bonds is 2. The number of benzene rings is 1. The molecule has 0 atom stereocenters. The number of piperidine rings is 1. The first-order chi connectivity index (χ1) is 11.8. The second-order valence-electron chi connectivity index (χ2n) is 6.07. The molecule has 3 aromatic rings. The molecular formula is C19H18N4O. The molecule has 0 bridgehead atoms. The molecule has 5 heteroatoms. The van der Waals surface area contributed by atoms with Gasteiger partial charge in [0, 0.05) is 54.7 Å². The minimum atomic E-state index is 0.0891. The number of carbonyl (C=O) groups excluding carboxylic acids is 1. The summed E-state index contributed by atoms with van der Waals surface area (Å²) in [6, 6.07) is 9.56. The van der Waals surface area contributed by atoms with Crippen molar-refractivity contribution in [2.24, 2.45) is 0 Å². The van der Waals surface area contributed by atoms with Gasteiger partial charge in [-0.3, -0.25) is 19.7 Å². The summed E-state index contributed by atoms with van der Waals surface area (Å²) in [6.45, 7) is 1.49. The van der Waals surface area contributed by atoms with Gasteiger partial charge in [-0.05, 0) is 31.0 Å². The Balaban J connectivity index is 1.52. The summed E-state index contributed by atoms with van der Waals surface area (Å²) in [6.07, 6.45) is 8.86. The Morgan fingerprint density at radius 1 is 1.00 bits per heavy atom. The van der Waals surface area contributed by atoms with E-state index < -0.39 is 0 Å². The number of nitrogens with zero attached hydrogens (tertiary/aromatic N) is 4. The van der Waals surface area contributed by atoms with Crippen LogP contribution in [-0.2, 0) is 0 Å². The Morgan fingerprint density at radius 3 is 2.67 bits per heavy atom. The van der Waals surface area contributed by atoms with Crippen LogP contribution >= 0.6 is 0 Å². The third kappa shape index (κ3) is 2.73. The lowest BCUT2D eigenvalue weighted by molar-refractivity contribution is 0.0714. The average molecular weight is 318 g/mol. The third-order valence-electron chi connectivity index (χ3n) is 4.66. The molecule has 1 saturated heterocycles. The number of hydrogen-bond acceptors (Lipinski definition) is 4. The molecule has 120 valence electrons. The van der Waals surface area contributed by atoms with Crippen LogP contribution in [0.5, 0.6) is 0 Å². The van der Waals surface area contributed by atoms with Gasteiger partial charge in [-0.2, -0.15) is 0 Å². The lowest BCUT2D eigenvalue weighted by Crippen LogP contribution is -2.38. The molecule has 0 N–H and O–H groups in total. The fraction of sp³-hybridized carbons (Fsp3) is 0.263. The number of carbonyl (C=O) groups is 1. The molecule has 1 aromatic carbocycles. The summed E-state index contributed by atoms with van der Waals surface area (Å²) in [5, 5.41) is 0.918. The second kappa shape index (κ2) is 6.35. The maximum absolute atomic E-state index is 12.9. The number of likely N-dealkylation sites (tertiary alicyclic amines) is 1. The molecule has 1 amide bonds. The largest absolute Gasteiger partial charge is 0.339 e. The molecule has 4 rings (SSSR count). The smallest absolute Gasteiger partial charge is 0.254 e. The van der Waals surface area contributed by atoms with Gasteiger partial charge in [0.1, 0.15) is 0 Å². The number of fused-ring (bicyclic) bond motifs is 1. The molecule has 3 heterocycles. The van der Waals surface area contributed by atoms with E-state index >= 15 is 0 Å². The van der Waals surface area contributed by atoms with E-state index in [-0.39, 0.29) is 5.91 Å². The van der Waals surface area contributed by atoms with Gasteiger partial charge in [-0.1, -0.05) is 12.1 Å². The zero-order valence-corrected chi connectivity index (χ0v) is 13.3. The molecule has 0 saturated carbocycles. The Kier molecular flexibility index (Phi) is 3.91. The van der Waals surface area contributed by atoms with Crippen LogP contribution in [-0.4, -0.2) is 38.8 Å². The van der Waals surface area contributed by atoms with Gasteiger partial charge in [0.15, 0.2) is 0 Å². The van der Waals surface area contributed by atoms with E-state index in [4.69, 9.17) is 0 Å². The van der Waals surface area contributed by atoms with Crippen molar-refractivity contribution < 1.29 is 4.79 Å². The first-order valence-electron chi connectivity index (χ1n) is 8.22. The summed E-state index contributed by atoms with van der Waals surface area (Å²) in [5.41, 5.74) is 2.62. The lowest BCUT2D eigenvalue weighted by Gasteiger charge is -2.31. The minimum absolute atomic E-state index is 0.0891. The van der Waals surface area contributed by atoms with Crippen molar-refractivity contribution in [1.82, 2.24) is 19.9 Å². The summed E-state index contributed by atoms with van der Waals surface area (Å²) in [5.74, 6) is 0.475. The zero-order chi connectivity index (χ0) is 16.4. The van der Waals surface area contributed by atoms with Crippen LogP contribution in [0.3, 0.4) is 0 Å². The fourth-order valence-corrected chi connectivity index (χ4v) is 3.36. The SMILES string of the molecule is O=C(c1cccc2ncccc12)N1CCC(c2cnccn2)CC1. The molecule has 0 radical (unpaired) electrons. The van der Waals surface area contributed by atoms with Gasteiger partial charge >= 0.3 is 0 Å². The van der Waals surface area contributed by atoms with Crippen molar-refractivity contribution in [3.8, 4) is 0 Å². The van der Waals surface area contributed by atoms with E-state index in [9.17, 15) is 4.79 Å². The monoisotopic (exact) mass is 318 g/mol. The molecule has 1 aliphatic rings. The summed E-state index contributed by atoms with van der Waals surface area (Å²) < 4.78 is 0. The maximum atomic E-state index is 12.9. The predicted octanol–water partition coefficient (Wildman–Crippen LogP) is 3.04. The van der Waals surface area contributed by atoms with Gasteiger partial charge in [-0.15, -0.1) is 0 Å². The fourth-order valence-electron chi connectivity index (χ4n) is 3.36. The molecular weight excluding hydrogens is 300 g/mol. The van der Waals surface area contributed by atoms with E-state index in [0.29, 0.717) is 5.92 Å². The first-order valence-corrected chi connectivity index (χ1v) is 8.22. The Morgan fingerprint density at radius 2 is 1.88 bits per heavy atom. The molecule has 24 heavy (non-hydrogen) atoms. The van der Waals surface area contributed by atoms with Crippen LogP contribution in [0.4, 0.5) is 0 Å². The summed E-state index contributed by atoms with van der Waals surface area (Å²) in [7, 11) is 0. The van der Waals surface area contributed by atoms with Crippen LogP contribution in [0.1, 0.15) is 34.8 Å². The van der Waals surface area contributed by atoms with Crippen LogP contribution in [0.25, 0.3) is 10.9 Å². The van der Waals surface area contributed by atoms with Crippen LogP contribution in [0, 0.1) is 0 Å². The van der Waals surface area contributed by atoms with E-state index in [1.165, 1.54) is 0 Å². The quantitative estimate of drug-likeness (QED) is 0.728. The maximum Gasteiger partial charge on any atom is 0.254 e. The first kappa shape index (κ1) is 14.8. The van der Waals surface area contributed by atoms with Gasteiger partial charge < -0.3 is 4.90 Å². The number of amides is 1. The van der Waals surface area contributed by atoms with E-state index in [1.807, 2.05) is 41.4 Å². The highest BCUT2D eigenvalue weighted by Crippen LogP contribution is 2.27. The zero-order valence-electron chi connectivity index (χ0n) is 13.3. The molecule has 0 aliphatic carbocycles. The van der Waals surface area contributed by atoms with Crippen LogP contribution in [0.15, 0.2) is 55.1 Å². The highest BCUT2D eigenvalue weighted by molar-refractivity contribution is 6.06. The number of aromatic nitrogens is 3. The normalized spacial score (nSPS) is 15.6. The molecule has 5 nitrogen and oxygen atoms in total. The topological polar surface area (TPSA) is 59.0 Å². The highest BCUT2D eigenvalue weighted by Gasteiger charge is 2.26. The molecule has 0 unspecified atom stereocenters. The van der Waals surface area contributed by atoms with Crippen molar-refractivity contribution in [3.63, 3.8) is 0 Å². The molecule has 1 aliphatic heterocycles. The van der Waals surface area contributed by atoms with Gasteiger partial charge in [-0.25, -0.2) is 0 Å². The van der Waals surface area contributed by atoms with E-state index in [0.717, 1.165) is 48.1 Å². The van der Waals surface area contributed by atoms with Crippen molar-refractivity contribution in [2.75, 3.05) is 13.1 Å². The lowest BCUT2D eigenvalue weighted by atomic mass is 9.93. The van der Waals surface area contributed by atoms with Gasteiger partial charge in [0.25, 0.3) is 5.91 Å². The summed E-state index contributed by atoms with van der Waals surface area (Å²) in [4.78, 5) is 27.7. The standard InChI is InChI=1S/C19H18N4O/c24-19(16-3-1-5-17-15(16)4-2-8-21-17)23-11-6-14(7-12-23)18-13-20-9-10-22-18/h1-5,8-10,13-14H,6-7,11-12H2. The van der Waals surface area contributed by atoms with Gasteiger partial charge in [0.05, 0.1) is 11.2 Å². The minimum Gasteiger partial charge on any atom is -0.339 e. The Bertz CT molecular complexity index is 852. The Hall–Kier alpha value is -2.82. The van der Waals surface area contributed by atoms with Crippen molar-refractivity contribution >= 4 is 16.8 Å². The second-order valence-corrected chi connectivity index (χ2v) is 6.07.